The molecule has 1 amide bonds. The first kappa shape index (κ1) is 13.2. The first-order valence-corrected chi connectivity index (χ1v) is 6.77. The number of benzene rings is 1. The summed E-state index contributed by atoms with van der Waals surface area (Å²) in [5.74, 6) is 1.17. The van der Waals surface area contributed by atoms with Crippen molar-refractivity contribution in [2.45, 2.75) is 26.2 Å². The quantitative estimate of drug-likeness (QED) is 0.861. The largest absolute Gasteiger partial charge is 0.492 e. The van der Waals surface area contributed by atoms with E-state index in [4.69, 9.17) is 16.3 Å². The number of hydrogen-bond acceptors (Lipinski definition) is 2. The molecule has 0 spiro atoms. The highest BCUT2D eigenvalue weighted by Gasteiger charge is 2.28. The highest BCUT2D eigenvalue weighted by molar-refractivity contribution is 6.32. The lowest BCUT2D eigenvalue weighted by molar-refractivity contribution is -0.122. The second kappa shape index (κ2) is 6.10. The lowest BCUT2D eigenvalue weighted by Crippen LogP contribution is -2.26. The summed E-state index contributed by atoms with van der Waals surface area (Å²) in [5.41, 5.74) is 1.11. The number of carbonyl (C=O) groups is 1. The van der Waals surface area contributed by atoms with E-state index in [0.29, 0.717) is 23.9 Å². The molecule has 18 heavy (non-hydrogen) atoms. The summed E-state index contributed by atoms with van der Waals surface area (Å²) in [4.78, 5) is 11.4. The third kappa shape index (κ3) is 3.64. The van der Waals surface area contributed by atoms with Gasteiger partial charge in [0.2, 0.25) is 5.91 Å². The third-order valence-corrected chi connectivity index (χ3v) is 3.25. The summed E-state index contributed by atoms with van der Waals surface area (Å²) in [6.45, 7) is 3.20. The minimum atomic E-state index is 0.187. The summed E-state index contributed by atoms with van der Waals surface area (Å²) >= 11 is 6.10. The van der Waals surface area contributed by atoms with Crippen LogP contribution in [0.3, 0.4) is 0 Å². The van der Waals surface area contributed by atoms with E-state index in [9.17, 15) is 4.79 Å². The number of carbonyl (C=O) groups excluding carboxylic acids is 1. The fourth-order valence-corrected chi connectivity index (χ4v) is 2.05. The number of ether oxygens (including phenoxy) is 1. The van der Waals surface area contributed by atoms with Gasteiger partial charge in [0.05, 0.1) is 11.6 Å². The molecule has 2 rings (SSSR count). The normalized spacial score (nSPS) is 14.3. The molecule has 0 atom stereocenters. The van der Waals surface area contributed by atoms with Gasteiger partial charge < -0.3 is 10.1 Å². The van der Waals surface area contributed by atoms with Gasteiger partial charge in [-0.15, -0.1) is 0 Å². The van der Waals surface area contributed by atoms with E-state index in [1.807, 2.05) is 25.1 Å². The molecule has 1 aliphatic rings. The average molecular weight is 268 g/mol. The number of amides is 1. The minimum absolute atomic E-state index is 0.187. The maximum absolute atomic E-state index is 11.4. The van der Waals surface area contributed by atoms with Crippen LogP contribution in [0.5, 0.6) is 5.75 Å². The van der Waals surface area contributed by atoms with E-state index in [-0.39, 0.29) is 11.8 Å². The Labute approximate surface area is 112 Å². The van der Waals surface area contributed by atoms with Gasteiger partial charge in [0, 0.05) is 12.5 Å². The zero-order chi connectivity index (χ0) is 13.0. The van der Waals surface area contributed by atoms with Crippen molar-refractivity contribution in [3.05, 3.63) is 28.8 Å². The van der Waals surface area contributed by atoms with Gasteiger partial charge >= 0.3 is 0 Å². The number of halogens is 1. The Balaban J connectivity index is 1.81. The summed E-state index contributed by atoms with van der Waals surface area (Å²) in [5, 5.41) is 3.57. The average Bonchev–Trinajstić information content (AvgIpc) is 3.16. The highest BCUT2D eigenvalue weighted by atomic mass is 35.5. The summed E-state index contributed by atoms with van der Waals surface area (Å²) in [6, 6.07) is 5.76. The van der Waals surface area contributed by atoms with Crippen LogP contribution < -0.4 is 10.1 Å². The van der Waals surface area contributed by atoms with Gasteiger partial charge in [-0.05, 0) is 43.9 Å². The lowest BCUT2D eigenvalue weighted by Gasteiger charge is -2.08. The summed E-state index contributed by atoms with van der Waals surface area (Å²) < 4.78 is 5.37. The Morgan fingerprint density at radius 2 is 2.28 bits per heavy atom. The van der Waals surface area contributed by atoms with Gasteiger partial charge in [0.25, 0.3) is 0 Å². The van der Waals surface area contributed by atoms with Crippen molar-refractivity contribution >= 4 is 17.5 Å². The Morgan fingerprint density at radius 3 is 2.89 bits per heavy atom. The molecule has 1 aromatic rings. The van der Waals surface area contributed by atoms with Gasteiger partial charge in [0.15, 0.2) is 0 Å². The molecule has 0 bridgehead atoms. The molecule has 0 radical (unpaired) electrons. The molecule has 0 heterocycles. The van der Waals surface area contributed by atoms with Crippen LogP contribution in [-0.4, -0.2) is 19.1 Å². The number of nitrogens with one attached hydrogen (secondary N) is 1. The second-order valence-electron chi connectivity index (χ2n) is 4.51. The van der Waals surface area contributed by atoms with Gasteiger partial charge in [-0.1, -0.05) is 17.7 Å². The number of hydrogen-bond donors (Lipinski definition) is 1. The van der Waals surface area contributed by atoms with E-state index in [2.05, 4.69) is 5.32 Å². The van der Waals surface area contributed by atoms with Crippen LogP contribution in [0.15, 0.2) is 18.2 Å². The number of rotatable bonds is 6. The maximum atomic E-state index is 11.4. The van der Waals surface area contributed by atoms with Gasteiger partial charge in [0.1, 0.15) is 5.75 Å². The Bertz CT molecular complexity index is 430. The van der Waals surface area contributed by atoms with Crippen LogP contribution in [0.4, 0.5) is 0 Å². The van der Waals surface area contributed by atoms with E-state index in [0.717, 1.165) is 24.8 Å². The van der Waals surface area contributed by atoms with Crippen molar-refractivity contribution in [3.63, 3.8) is 0 Å². The zero-order valence-electron chi connectivity index (χ0n) is 10.5. The predicted molar refractivity (Wildman–Crippen MR) is 72.1 cm³/mol. The van der Waals surface area contributed by atoms with Gasteiger partial charge in [-0.25, -0.2) is 0 Å². The fraction of sp³-hybridized carbons (Fsp3) is 0.500. The molecule has 0 saturated heterocycles. The van der Waals surface area contributed by atoms with Crippen LogP contribution in [0.1, 0.15) is 25.3 Å². The van der Waals surface area contributed by atoms with Crippen molar-refractivity contribution in [1.29, 1.82) is 0 Å². The van der Waals surface area contributed by atoms with Gasteiger partial charge in [-0.2, -0.15) is 0 Å². The smallest absolute Gasteiger partial charge is 0.223 e. The van der Waals surface area contributed by atoms with E-state index in [1.165, 1.54) is 0 Å². The molecule has 0 aliphatic heterocycles. The topological polar surface area (TPSA) is 38.3 Å². The molecular weight excluding hydrogens is 250 g/mol. The van der Waals surface area contributed by atoms with Crippen LogP contribution in [0.25, 0.3) is 0 Å². The first-order chi connectivity index (χ1) is 8.70. The zero-order valence-corrected chi connectivity index (χ0v) is 11.3. The van der Waals surface area contributed by atoms with Gasteiger partial charge in [-0.3, -0.25) is 4.79 Å². The Kier molecular flexibility index (Phi) is 4.48. The molecule has 1 N–H and O–H groups in total. The molecule has 4 heteroatoms. The fourth-order valence-electron chi connectivity index (χ4n) is 1.79. The maximum Gasteiger partial charge on any atom is 0.223 e. The lowest BCUT2D eigenvalue weighted by atomic mass is 10.1. The summed E-state index contributed by atoms with van der Waals surface area (Å²) in [6.07, 6.45) is 2.88. The van der Waals surface area contributed by atoms with Crippen molar-refractivity contribution < 1.29 is 9.53 Å². The van der Waals surface area contributed by atoms with Crippen molar-refractivity contribution in [2.24, 2.45) is 5.92 Å². The molecule has 1 fully saturated rings. The van der Waals surface area contributed by atoms with E-state index >= 15 is 0 Å². The van der Waals surface area contributed by atoms with Crippen LogP contribution in [-0.2, 0) is 11.2 Å². The second-order valence-corrected chi connectivity index (χ2v) is 4.92. The molecule has 0 unspecified atom stereocenters. The summed E-state index contributed by atoms with van der Waals surface area (Å²) in [7, 11) is 0. The molecule has 98 valence electrons. The van der Waals surface area contributed by atoms with Crippen LogP contribution >= 0.6 is 11.6 Å². The standard InChI is InChI=1S/C14H18ClNO2/c1-2-18-13-6-3-10(9-12(13)15)7-8-16-14(17)11-4-5-11/h3,6,9,11H,2,4-5,7-8H2,1H3,(H,16,17). The Hall–Kier alpha value is -1.22. The van der Waals surface area contributed by atoms with Crippen molar-refractivity contribution in [3.8, 4) is 5.75 Å². The highest BCUT2D eigenvalue weighted by Crippen LogP contribution is 2.28. The van der Waals surface area contributed by atoms with Crippen LogP contribution in [0, 0.1) is 5.92 Å². The molecular formula is C14H18ClNO2. The molecule has 1 aromatic carbocycles. The SMILES string of the molecule is CCOc1ccc(CCNC(=O)C2CC2)cc1Cl. The van der Waals surface area contributed by atoms with Crippen molar-refractivity contribution in [1.82, 2.24) is 5.32 Å². The molecule has 0 aromatic heterocycles. The molecule has 1 saturated carbocycles. The van der Waals surface area contributed by atoms with Crippen molar-refractivity contribution in [2.75, 3.05) is 13.2 Å². The third-order valence-electron chi connectivity index (χ3n) is 2.96. The predicted octanol–water partition coefficient (Wildman–Crippen LogP) is 2.81. The monoisotopic (exact) mass is 267 g/mol. The Morgan fingerprint density at radius 1 is 1.50 bits per heavy atom. The van der Waals surface area contributed by atoms with Crippen LogP contribution in [0.2, 0.25) is 5.02 Å². The first-order valence-electron chi connectivity index (χ1n) is 6.39. The van der Waals surface area contributed by atoms with E-state index in [1.54, 1.807) is 0 Å². The minimum Gasteiger partial charge on any atom is -0.492 e. The molecule has 1 aliphatic carbocycles. The molecule has 3 nitrogen and oxygen atoms in total. The van der Waals surface area contributed by atoms with E-state index < -0.39 is 0 Å².